The number of benzene rings is 3. The molecule has 1 aromatic heterocycles. The molecule has 3 aromatic carbocycles. The Balaban J connectivity index is 1.66. The minimum absolute atomic E-state index is 0.289. The molecule has 0 fully saturated rings. The molecule has 5 nitrogen and oxygen atoms in total. The van der Waals surface area contributed by atoms with Gasteiger partial charge in [-0.2, -0.15) is 0 Å². The van der Waals surface area contributed by atoms with E-state index >= 15 is 0 Å². The van der Waals surface area contributed by atoms with E-state index in [1.807, 2.05) is 66.7 Å². The van der Waals surface area contributed by atoms with Crippen LogP contribution in [0, 0.1) is 0 Å². The first-order valence-corrected chi connectivity index (χ1v) is 9.15. The standard InChI is InChI=1S/C22H18ClN3O2/c1-27-19-13-11-18(12-14-19)24-20(15-5-3-2-4-6-15)22-26-25-21(28-22)16-7-9-17(23)10-8-16/h2-14,20,24H,1H3/t20-/m1/s1. The van der Waals surface area contributed by atoms with Gasteiger partial charge in [-0.3, -0.25) is 0 Å². The molecule has 6 heteroatoms. The molecule has 28 heavy (non-hydrogen) atoms. The van der Waals surface area contributed by atoms with Crippen LogP contribution in [-0.4, -0.2) is 17.3 Å². The number of nitrogens with one attached hydrogen (secondary N) is 1. The van der Waals surface area contributed by atoms with Gasteiger partial charge < -0.3 is 14.5 Å². The fourth-order valence-corrected chi connectivity index (χ4v) is 2.97. The molecular weight excluding hydrogens is 374 g/mol. The third-order valence-electron chi connectivity index (χ3n) is 4.31. The van der Waals surface area contributed by atoms with Crippen LogP contribution in [0.2, 0.25) is 5.02 Å². The molecule has 0 aliphatic heterocycles. The third kappa shape index (κ3) is 4.00. The summed E-state index contributed by atoms with van der Waals surface area (Å²) in [5.74, 6) is 1.72. The van der Waals surface area contributed by atoms with Crippen molar-refractivity contribution in [1.29, 1.82) is 0 Å². The third-order valence-corrected chi connectivity index (χ3v) is 4.56. The van der Waals surface area contributed by atoms with E-state index in [1.165, 1.54) is 0 Å². The van der Waals surface area contributed by atoms with Crippen LogP contribution in [0.5, 0.6) is 5.75 Å². The molecular formula is C22H18ClN3O2. The first kappa shape index (κ1) is 18.1. The molecule has 0 aliphatic rings. The van der Waals surface area contributed by atoms with E-state index in [9.17, 15) is 0 Å². The molecule has 4 rings (SSSR count). The van der Waals surface area contributed by atoms with Crippen LogP contribution in [0.1, 0.15) is 17.5 Å². The second-order valence-electron chi connectivity index (χ2n) is 6.17. The molecule has 0 bridgehead atoms. The first-order chi connectivity index (χ1) is 13.7. The summed E-state index contributed by atoms with van der Waals surface area (Å²) in [6, 6.07) is 24.7. The number of aromatic nitrogens is 2. The lowest BCUT2D eigenvalue weighted by molar-refractivity contribution is 0.415. The lowest BCUT2D eigenvalue weighted by Crippen LogP contribution is -2.12. The number of hydrogen-bond donors (Lipinski definition) is 1. The van der Waals surface area contributed by atoms with E-state index in [1.54, 1.807) is 19.2 Å². The van der Waals surface area contributed by atoms with Crippen LogP contribution < -0.4 is 10.1 Å². The van der Waals surface area contributed by atoms with Crippen molar-refractivity contribution in [3.05, 3.63) is 95.3 Å². The maximum Gasteiger partial charge on any atom is 0.247 e. The second kappa shape index (κ2) is 8.15. The molecule has 0 saturated heterocycles. The number of ether oxygens (including phenoxy) is 1. The highest BCUT2D eigenvalue weighted by molar-refractivity contribution is 6.30. The number of anilines is 1. The predicted molar refractivity (Wildman–Crippen MR) is 110 cm³/mol. The van der Waals surface area contributed by atoms with E-state index in [0.717, 1.165) is 22.6 Å². The van der Waals surface area contributed by atoms with Crippen LogP contribution in [-0.2, 0) is 0 Å². The highest BCUT2D eigenvalue weighted by Crippen LogP contribution is 2.29. The minimum atomic E-state index is -0.289. The van der Waals surface area contributed by atoms with Gasteiger partial charge in [0.25, 0.3) is 0 Å². The van der Waals surface area contributed by atoms with Crippen LogP contribution in [0.3, 0.4) is 0 Å². The lowest BCUT2D eigenvalue weighted by Gasteiger charge is -2.17. The minimum Gasteiger partial charge on any atom is -0.497 e. The normalized spacial score (nSPS) is 11.8. The van der Waals surface area contributed by atoms with Gasteiger partial charge in [0.15, 0.2) is 0 Å². The Kier molecular flexibility index (Phi) is 5.26. The molecule has 0 radical (unpaired) electrons. The first-order valence-electron chi connectivity index (χ1n) is 8.78. The largest absolute Gasteiger partial charge is 0.497 e. The molecule has 0 saturated carbocycles. The summed E-state index contributed by atoms with van der Waals surface area (Å²) in [6.07, 6.45) is 0. The Morgan fingerprint density at radius 3 is 2.29 bits per heavy atom. The number of rotatable bonds is 6. The van der Waals surface area contributed by atoms with Gasteiger partial charge in [0, 0.05) is 16.3 Å². The van der Waals surface area contributed by atoms with Gasteiger partial charge in [0.2, 0.25) is 11.8 Å². The van der Waals surface area contributed by atoms with Gasteiger partial charge in [-0.15, -0.1) is 10.2 Å². The van der Waals surface area contributed by atoms with Crippen LogP contribution >= 0.6 is 11.6 Å². The number of halogens is 1. The summed E-state index contributed by atoms with van der Waals surface area (Å²) in [7, 11) is 1.64. The Morgan fingerprint density at radius 1 is 0.893 bits per heavy atom. The van der Waals surface area contributed by atoms with Gasteiger partial charge in [-0.25, -0.2) is 0 Å². The van der Waals surface area contributed by atoms with Crippen molar-refractivity contribution in [1.82, 2.24) is 10.2 Å². The average Bonchev–Trinajstić information content (AvgIpc) is 3.23. The summed E-state index contributed by atoms with van der Waals surface area (Å²) in [5.41, 5.74) is 2.75. The molecule has 140 valence electrons. The summed E-state index contributed by atoms with van der Waals surface area (Å²) in [4.78, 5) is 0. The Bertz CT molecular complexity index is 1030. The maximum absolute atomic E-state index is 5.99. The van der Waals surface area contributed by atoms with Crippen LogP contribution in [0.25, 0.3) is 11.5 Å². The average molecular weight is 392 g/mol. The molecule has 1 heterocycles. The van der Waals surface area contributed by atoms with Crippen molar-refractivity contribution in [3.8, 4) is 17.2 Å². The Labute approximate surface area is 168 Å². The van der Waals surface area contributed by atoms with Gasteiger partial charge in [0.1, 0.15) is 11.8 Å². The number of hydrogen-bond acceptors (Lipinski definition) is 5. The zero-order valence-corrected chi connectivity index (χ0v) is 15.9. The van der Waals surface area contributed by atoms with Crippen molar-refractivity contribution in [2.45, 2.75) is 6.04 Å². The highest BCUT2D eigenvalue weighted by Gasteiger charge is 2.21. The Hall–Kier alpha value is -3.31. The summed E-state index contributed by atoms with van der Waals surface area (Å²) >= 11 is 5.96. The summed E-state index contributed by atoms with van der Waals surface area (Å²) in [6.45, 7) is 0. The quantitative estimate of drug-likeness (QED) is 0.463. The van der Waals surface area contributed by atoms with Crippen molar-refractivity contribution >= 4 is 17.3 Å². The van der Waals surface area contributed by atoms with Gasteiger partial charge in [-0.05, 0) is 54.1 Å². The fraction of sp³-hybridized carbons (Fsp3) is 0.0909. The highest BCUT2D eigenvalue weighted by atomic mass is 35.5. The van der Waals surface area contributed by atoms with Crippen LogP contribution in [0.4, 0.5) is 5.69 Å². The fourth-order valence-electron chi connectivity index (χ4n) is 2.85. The van der Waals surface area contributed by atoms with Crippen molar-refractivity contribution < 1.29 is 9.15 Å². The van der Waals surface area contributed by atoms with Gasteiger partial charge in [0.05, 0.1) is 7.11 Å². The zero-order valence-electron chi connectivity index (χ0n) is 15.2. The maximum atomic E-state index is 5.99. The topological polar surface area (TPSA) is 60.2 Å². The number of methoxy groups -OCH3 is 1. The molecule has 0 aliphatic carbocycles. The van der Waals surface area contributed by atoms with Gasteiger partial charge >= 0.3 is 0 Å². The van der Waals surface area contributed by atoms with Crippen molar-refractivity contribution in [2.75, 3.05) is 12.4 Å². The molecule has 0 spiro atoms. The molecule has 4 aromatic rings. The second-order valence-corrected chi connectivity index (χ2v) is 6.61. The molecule has 1 atom stereocenters. The summed E-state index contributed by atoms with van der Waals surface area (Å²) < 4.78 is 11.2. The molecule has 1 N–H and O–H groups in total. The number of nitrogens with zero attached hydrogens (tertiary/aromatic N) is 2. The van der Waals surface area contributed by atoms with E-state index in [4.69, 9.17) is 20.8 Å². The van der Waals surface area contributed by atoms with E-state index < -0.39 is 0 Å². The Morgan fingerprint density at radius 2 is 1.61 bits per heavy atom. The van der Waals surface area contributed by atoms with E-state index in [0.29, 0.717) is 16.8 Å². The van der Waals surface area contributed by atoms with Crippen molar-refractivity contribution in [3.63, 3.8) is 0 Å². The van der Waals surface area contributed by atoms with Crippen molar-refractivity contribution in [2.24, 2.45) is 0 Å². The summed E-state index contributed by atoms with van der Waals surface area (Å²) in [5, 5.41) is 12.6. The van der Waals surface area contributed by atoms with E-state index in [2.05, 4.69) is 15.5 Å². The predicted octanol–water partition coefficient (Wildman–Crippen LogP) is 5.60. The molecule has 0 amide bonds. The SMILES string of the molecule is COc1ccc(N[C@H](c2ccccc2)c2nnc(-c3ccc(Cl)cc3)o2)cc1. The lowest BCUT2D eigenvalue weighted by atomic mass is 10.1. The van der Waals surface area contributed by atoms with E-state index in [-0.39, 0.29) is 6.04 Å². The molecule has 0 unspecified atom stereocenters. The monoisotopic (exact) mass is 391 g/mol. The van der Waals surface area contributed by atoms with Crippen LogP contribution in [0.15, 0.2) is 83.3 Å². The smallest absolute Gasteiger partial charge is 0.247 e. The van der Waals surface area contributed by atoms with Gasteiger partial charge in [-0.1, -0.05) is 41.9 Å². The zero-order chi connectivity index (χ0) is 19.3.